The monoisotopic (exact) mass is 463 g/mol. The number of benzene rings is 2. The second kappa shape index (κ2) is 10.2. The van der Waals surface area contributed by atoms with E-state index in [9.17, 15) is 23.1 Å². The van der Waals surface area contributed by atoms with Crippen LogP contribution in [0.2, 0.25) is 0 Å². The first-order chi connectivity index (χ1) is 14.6. The van der Waals surface area contributed by atoms with Gasteiger partial charge in [-0.2, -0.15) is 18.5 Å². The number of carboxylic acid groups (broad SMARTS) is 1. The minimum atomic E-state index is -4.40. The number of hydrazone groups is 1. The smallest absolute Gasteiger partial charge is 0.543 e. The number of nitrogens with zero attached hydrogens (tertiary/aromatic N) is 3. The van der Waals surface area contributed by atoms with Gasteiger partial charge < -0.3 is 14.8 Å². The van der Waals surface area contributed by atoms with Crippen LogP contribution < -0.4 is 44.6 Å². The minimum Gasteiger partial charge on any atom is -0.543 e. The molecule has 0 aromatic heterocycles. The zero-order valence-corrected chi connectivity index (χ0v) is 20.4. The van der Waals surface area contributed by atoms with E-state index in [0.29, 0.717) is 0 Å². The predicted molar refractivity (Wildman–Crippen MR) is 114 cm³/mol. The van der Waals surface area contributed by atoms with Crippen molar-refractivity contribution >= 4 is 45.2 Å². The van der Waals surface area contributed by atoms with Crippen molar-refractivity contribution in [1.82, 2.24) is 0 Å². The quantitative estimate of drug-likeness (QED) is 0.301. The van der Waals surface area contributed by atoms with Gasteiger partial charge >= 0.3 is 29.6 Å². The average molecular weight is 463 g/mol. The molecule has 1 heterocycles. The van der Waals surface area contributed by atoms with E-state index in [2.05, 4.69) is 5.10 Å². The first-order valence-corrected chi connectivity index (χ1v) is 10.4. The molecular formula is C21H18N3NaO6S. The molecule has 0 unspecified atom stereocenters. The summed E-state index contributed by atoms with van der Waals surface area (Å²) in [5.41, 5.74) is 1.26. The fourth-order valence-electron chi connectivity index (χ4n) is 2.79. The Balaban J connectivity index is 0.00000363. The van der Waals surface area contributed by atoms with Gasteiger partial charge in [0.1, 0.15) is 5.71 Å². The third-order valence-corrected chi connectivity index (χ3v) is 5.28. The van der Waals surface area contributed by atoms with Crippen LogP contribution in [0.4, 0.5) is 11.4 Å². The summed E-state index contributed by atoms with van der Waals surface area (Å²) >= 11 is 0. The Morgan fingerprint density at radius 3 is 2.19 bits per heavy atom. The van der Waals surface area contributed by atoms with Crippen molar-refractivity contribution in [3.63, 3.8) is 0 Å². The van der Waals surface area contributed by atoms with E-state index in [1.54, 1.807) is 6.08 Å². The molecule has 0 spiro atoms. The van der Waals surface area contributed by atoms with E-state index in [0.717, 1.165) is 28.4 Å². The van der Waals surface area contributed by atoms with Crippen LogP contribution in [0.1, 0.15) is 5.56 Å². The maximum atomic E-state index is 12.7. The number of allylic oxidation sites excluding steroid dienone is 2. The van der Waals surface area contributed by atoms with Crippen LogP contribution in [-0.4, -0.2) is 44.7 Å². The zero-order valence-electron chi connectivity index (χ0n) is 17.6. The summed E-state index contributed by atoms with van der Waals surface area (Å²) in [7, 11) is -0.563. The topological polar surface area (TPSA) is 130 Å². The molecule has 0 atom stereocenters. The largest absolute Gasteiger partial charge is 1.00 e. The Kier molecular flexibility index (Phi) is 8.16. The van der Waals surface area contributed by atoms with Crippen molar-refractivity contribution in [2.24, 2.45) is 5.10 Å². The Morgan fingerprint density at radius 2 is 1.69 bits per heavy atom. The molecular weight excluding hydrogens is 445 g/mol. The molecule has 2 aromatic rings. The van der Waals surface area contributed by atoms with Gasteiger partial charge in [-0.1, -0.05) is 24.3 Å². The molecule has 11 heteroatoms. The van der Waals surface area contributed by atoms with E-state index in [1.165, 1.54) is 24.3 Å². The second-order valence-corrected chi connectivity index (χ2v) is 8.17. The minimum absolute atomic E-state index is 0. The number of aliphatic carboxylic acids is 1. The second-order valence-electron chi connectivity index (χ2n) is 6.75. The maximum absolute atomic E-state index is 12.7. The first kappa shape index (κ1) is 25.5. The van der Waals surface area contributed by atoms with Gasteiger partial charge in [-0.15, -0.1) is 0 Å². The van der Waals surface area contributed by atoms with Gasteiger partial charge in [-0.05, 0) is 48.0 Å². The number of anilines is 2. The van der Waals surface area contributed by atoms with Crippen LogP contribution in [0.5, 0.6) is 0 Å². The molecule has 0 fully saturated rings. The molecule has 9 nitrogen and oxygen atoms in total. The van der Waals surface area contributed by atoms with Crippen molar-refractivity contribution in [2.75, 3.05) is 24.0 Å². The first-order valence-electron chi connectivity index (χ1n) is 8.96. The van der Waals surface area contributed by atoms with Crippen LogP contribution in [0.15, 0.2) is 76.3 Å². The fraction of sp³-hybridized carbons (Fsp3) is 0.0952. The Morgan fingerprint density at radius 1 is 1.09 bits per heavy atom. The molecule has 1 aliphatic rings. The van der Waals surface area contributed by atoms with Gasteiger partial charge in [0.25, 0.3) is 16.0 Å². The van der Waals surface area contributed by atoms with Crippen molar-refractivity contribution in [3.8, 4) is 0 Å². The fourth-order valence-corrected chi connectivity index (χ4v) is 3.27. The van der Waals surface area contributed by atoms with Gasteiger partial charge in [-0.25, -0.2) is 0 Å². The van der Waals surface area contributed by atoms with Crippen molar-refractivity contribution in [3.05, 3.63) is 71.8 Å². The molecule has 3 rings (SSSR count). The number of hydrogen-bond acceptors (Lipinski definition) is 7. The van der Waals surface area contributed by atoms with Crippen molar-refractivity contribution in [2.45, 2.75) is 4.90 Å². The summed E-state index contributed by atoms with van der Waals surface area (Å²) < 4.78 is 31.4. The summed E-state index contributed by atoms with van der Waals surface area (Å²) in [6.45, 7) is 0. The molecule has 0 saturated heterocycles. The molecule has 1 amide bonds. The van der Waals surface area contributed by atoms with Crippen LogP contribution in [-0.2, 0) is 19.7 Å². The van der Waals surface area contributed by atoms with Gasteiger partial charge in [0.2, 0.25) is 0 Å². The summed E-state index contributed by atoms with van der Waals surface area (Å²) in [6.07, 6.45) is 4.56. The number of carbonyl (C=O) groups excluding carboxylic acids is 2. The third kappa shape index (κ3) is 5.72. The summed E-state index contributed by atoms with van der Waals surface area (Å²) in [5.74, 6) is -2.34. The summed E-state index contributed by atoms with van der Waals surface area (Å²) in [6, 6.07) is 12.2. The molecule has 160 valence electrons. The zero-order chi connectivity index (χ0) is 22.8. The van der Waals surface area contributed by atoms with Gasteiger partial charge in [0.05, 0.1) is 22.1 Å². The van der Waals surface area contributed by atoms with E-state index < -0.39 is 27.7 Å². The molecule has 2 aromatic carbocycles. The molecule has 0 bridgehead atoms. The van der Waals surface area contributed by atoms with E-state index in [-0.39, 0.29) is 45.7 Å². The number of amides is 1. The van der Waals surface area contributed by atoms with Gasteiger partial charge in [0.15, 0.2) is 0 Å². The van der Waals surface area contributed by atoms with Crippen molar-refractivity contribution < 1.29 is 57.2 Å². The van der Waals surface area contributed by atoms with Crippen LogP contribution >= 0.6 is 0 Å². The molecule has 32 heavy (non-hydrogen) atoms. The summed E-state index contributed by atoms with van der Waals surface area (Å²) in [4.78, 5) is 25.7. The Hall–Kier alpha value is -2.76. The van der Waals surface area contributed by atoms with Gasteiger partial charge in [0, 0.05) is 19.8 Å². The predicted octanol–water partition coefficient (Wildman–Crippen LogP) is -1.90. The molecule has 0 saturated carbocycles. The Bertz CT molecular complexity index is 1220. The number of hydrogen-bond donors (Lipinski definition) is 1. The molecule has 0 radical (unpaired) electrons. The normalized spacial score (nSPS) is 15.1. The van der Waals surface area contributed by atoms with Crippen LogP contribution in [0.3, 0.4) is 0 Å². The Labute approximate surface area is 207 Å². The van der Waals surface area contributed by atoms with Crippen LogP contribution in [0, 0.1) is 0 Å². The van der Waals surface area contributed by atoms with Crippen LogP contribution in [0.25, 0.3) is 6.08 Å². The standard InChI is InChI=1S/C21H19N3O6S.Na/c1-23(2)15-8-6-14(7-9-15)4-3-5-18-19(21(26)27)22-24(20(18)25)16-10-12-17(13-11-16)31(28,29)30;/h3-13H,1-2H3,(H,26,27)(H,28,29,30);/q;+1/p-1/b4-3+,18-5+;. The van der Waals surface area contributed by atoms with E-state index >= 15 is 0 Å². The van der Waals surface area contributed by atoms with E-state index in [4.69, 9.17) is 4.55 Å². The molecule has 1 N–H and O–H groups in total. The van der Waals surface area contributed by atoms with E-state index in [1.807, 2.05) is 43.3 Å². The van der Waals surface area contributed by atoms with Crippen molar-refractivity contribution in [1.29, 1.82) is 0 Å². The molecule has 1 aliphatic heterocycles. The number of carboxylic acids is 1. The third-order valence-electron chi connectivity index (χ3n) is 4.41. The maximum Gasteiger partial charge on any atom is 1.00 e. The summed E-state index contributed by atoms with van der Waals surface area (Å²) in [5, 5.41) is 16.1. The SMILES string of the molecule is CN(C)c1ccc(/C=C/C=C2/C(=O)N(c3ccc(S(=O)(=O)O)cc3)N=C2C(=O)[O-])cc1.[Na+]. The van der Waals surface area contributed by atoms with Gasteiger partial charge in [-0.3, -0.25) is 9.35 Å². The average Bonchev–Trinajstić information content (AvgIpc) is 3.04. The number of carbonyl (C=O) groups is 2. The number of rotatable bonds is 6. The molecule has 0 aliphatic carbocycles.